The molecular formula is C24H26FN5O3S. The molecule has 0 saturated heterocycles. The van der Waals surface area contributed by atoms with Gasteiger partial charge in [-0.2, -0.15) is 0 Å². The van der Waals surface area contributed by atoms with Gasteiger partial charge in [0.05, 0.1) is 0 Å². The van der Waals surface area contributed by atoms with Crippen molar-refractivity contribution in [2.45, 2.75) is 44.0 Å². The third kappa shape index (κ3) is 4.92. The summed E-state index contributed by atoms with van der Waals surface area (Å²) >= 11 is 0. The molecule has 3 aromatic rings. The van der Waals surface area contributed by atoms with Crippen molar-refractivity contribution in [1.82, 2.24) is 19.5 Å². The van der Waals surface area contributed by atoms with Gasteiger partial charge >= 0.3 is 0 Å². The van der Waals surface area contributed by atoms with Crippen molar-refractivity contribution in [2.75, 3.05) is 11.9 Å². The largest absolute Gasteiger partial charge is 0.322 e. The lowest BCUT2D eigenvalue weighted by Crippen LogP contribution is -2.25. The quantitative estimate of drug-likeness (QED) is 0.497. The fourth-order valence-corrected chi connectivity index (χ4v) is 4.99. The average Bonchev–Trinajstić information content (AvgIpc) is 3.07. The molecule has 0 fully saturated rings. The number of fused-ring (bicyclic) bond motifs is 1. The highest BCUT2D eigenvalue weighted by Crippen LogP contribution is 2.27. The van der Waals surface area contributed by atoms with Crippen LogP contribution in [-0.4, -0.2) is 35.6 Å². The maximum absolute atomic E-state index is 14.2. The Hall–Kier alpha value is -3.37. The van der Waals surface area contributed by atoms with Gasteiger partial charge in [0, 0.05) is 36.3 Å². The van der Waals surface area contributed by atoms with Crippen LogP contribution in [0.3, 0.4) is 0 Å². The third-order valence-corrected chi connectivity index (χ3v) is 7.19. The van der Waals surface area contributed by atoms with Gasteiger partial charge in [0.15, 0.2) is 5.82 Å². The molecule has 4 rings (SSSR count). The molecule has 1 aromatic heterocycles. The van der Waals surface area contributed by atoms with E-state index in [2.05, 4.69) is 31.4 Å². The molecule has 1 aliphatic heterocycles. The number of rotatable bonds is 7. The van der Waals surface area contributed by atoms with Crippen molar-refractivity contribution >= 4 is 21.6 Å². The summed E-state index contributed by atoms with van der Waals surface area (Å²) < 4.78 is 43.3. The number of aromatic nitrogens is 3. The summed E-state index contributed by atoms with van der Waals surface area (Å²) in [6, 6.07) is 8.86. The number of aryl methyl sites for hydroxylation is 2. The van der Waals surface area contributed by atoms with Gasteiger partial charge < -0.3 is 9.88 Å². The Morgan fingerprint density at radius 2 is 2.00 bits per heavy atom. The first-order chi connectivity index (χ1) is 16.3. The van der Waals surface area contributed by atoms with Crippen molar-refractivity contribution in [3.63, 3.8) is 0 Å². The summed E-state index contributed by atoms with van der Waals surface area (Å²) in [6.07, 6.45) is 5.53. The summed E-state index contributed by atoms with van der Waals surface area (Å²) in [5, 5.41) is 11.5. The molecule has 0 spiro atoms. The Kier molecular flexibility index (Phi) is 6.90. The molecule has 2 aromatic carbocycles. The van der Waals surface area contributed by atoms with E-state index in [0.29, 0.717) is 5.69 Å². The van der Waals surface area contributed by atoms with Crippen LogP contribution in [0.2, 0.25) is 0 Å². The van der Waals surface area contributed by atoms with Crippen LogP contribution < -0.4 is 10.0 Å². The molecule has 8 nitrogen and oxygen atoms in total. The molecule has 1 amide bonds. The number of nitrogens with zero attached hydrogens (tertiary/aromatic N) is 3. The lowest BCUT2D eigenvalue weighted by Gasteiger charge is -2.13. The van der Waals surface area contributed by atoms with E-state index >= 15 is 0 Å². The number of hydrogen-bond donors (Lipinski definition) is 2. The maximum atomic E-state index is 14.2. The average molecular weight is 484 g/mol. The Balaban J connectivity index is 1.62. The van der Waals surface area contributed by atoms with Crippen LogP contribution >= 0.6 is 0 Å². The van der Waals surface area contributed by atoms with E-state index in [1.54, 1.807) is 0 Å². The van der Waals surface area contributed by atoms with Crippen LogP contribution in [0.5, 0.6) is 0 Å². The van der Waals surface area contributed by atoms with Gasteiger partial charge in [0.1, 0.15) is 16.5 Å². The van der Waals surface area contributed by atoms with Crippen molar-refractivity contribution < 1.29 is 17.6 Å². The first-order valence-corrected chi connectivity index (χ1v) is 12.5. The highest BCUT2D eigenvalue weighted by Gasteiger charge is 2.21. The van der Waals surface area contributed by atoms with Gasteiger partial charge in [-0.05, 0) is 49.6 Å². The highest BCUT2D eigenvalue weighted by molar-refractivity contribution is 7.89. The number of hydrogen-bond acceptors (Lipinski definition) is 5. The van der Waals surface area contributed by atoms with Gasteiger partial charge in [-0.15, -0.1) is 16.8 Å². The minimum atomic E-state index is -4.13. The van der Waals surface area contributed by atoms with Gasteiger partial charge in [0.2, 0.25) is 10.0 Å². The highest BCUT2D eigenvalue weighted by atomic mass is 32.2. The molecule has 10 heteroatoms. The fraction of sp³-hybridized carbons (Fsp3) is 0.292. The molecule has 0 aliphatic carbocycles. The number of nitrogens with one attached hydrogen (secondary N) is 2. The first-order valence-electron chi connectivity index (χ1n) is 11.0. The van der Waals surface area contributed by atoms with Gasteiger partial charge in [-0.1, -0.05) is 24.6 Å². The van der Waals surface area contributed by atoms with Crippen LogP contribution in [0.1, 0.15) is 41.0 Å². The Morgan fingerprint density at radius 1 is 1.18 bits per heavy atom. The number of benzene rings is 2. The number of carbonyl (C=O) groups is 1. The van der Waals surface area contributed by atoms with Crippen molar-refractivity contribution in [3.8, 4) is 11.4 Å². The maximum Gasteiger partial charge on any atom is 0.255 e. The summed E-state index contributed by atoms with van der Waals surface area (Å²) in [5.74, 6) is 0.207. The van der Waals surface area contributed by atoms with E-state index in [0.717, 1.165) is 67.1 Å². The van der Waals surface area contributed by atoms with Gasteiger partial charge in [0.25, 0.3) is 5.91 Å². The molecular weight excluding hydrogens is 457 g/mol. The predicted octanol–water partition coefficient (Wildman–Crippen LogP) is 3.84. The molecule has 0 bridgehead atoms. The molecule has 0 atom stereocenters. The molecule has 34 heavy (non-hydrogen) atoms. The van der Waals surface area contributed by atoms with E-state index in [1.165, 1.54) is 12.1 Å². The molecule has 0 unspecified atom stereocenters. The molecule has 1 aliphatic rings. The molecule has 0 radical (unpaired) electrons. The molecule has 178 valence electrons. The van der Waals surface area contributed by atoms with E-state index in [-0.39, 0.29) is 12.1 Å². The van der Waals surface area contributed by atoms with E-state index in [1.807, 2.05) is 25.1 Å². The smallest absolute Gasteiger partial charge is 0.255 e. The number of sulfonamides is 1. The topological polar surface area (TPSA) is 106 Å². The zero-order valence-electron chi connectivity index (χ0n) is 18.8. The zero-order valence-corrected chi connectivity index (χ0v) is 19.7. The second-order valence-electron chi connectivity index (χ2n) is 8.17. The van der Waals surface area contributed by atoms with E-state index in [4.69, 9.17) is 0 Å². The zero-order chi connectivity index (χ0) is 24.3. The Bertz CT molecular complexity index is 1350. The second kappa shape index (κ2) is 9.86. The van der Waals surface area contributed by atoms with Crippen molar-refractivity contribution in [1.29, 1.82) is 0 Å². The third-order valence-electron chi connectivity index (χ3n) is 5.75. The van der Waals surface area contributed by atoms with Crippen molar-refractivity contribution in [2.24, 2.45) is 0 Å². The van der Waals surface area contributed by atoms with Crippen LogP contribution in [0.15, 0.2) is 53.9 Å². The van der Waals surface area contributed by atoms with E-state index < -0.39 is 26.6 Å². The minimum Gasteiger partial charge on any atom is -0.322 e. The number of anilines is 1. The summed E-state index contributed by atoms with van der Waals surface area (Å²) in [4.78, 5) is 12.4. The van der Waals surface area contributed by atoms with E-state index in [9.17, 15) is 17.6 Å². The minimum absolute atomic E-state index is 0.0153. The summed E-state index contributed by atoms with van der Waals surface area (Å²) in [6.45, 7) is 6.08. The van der Waals surface area contributed by atoms with Gasteiger partial charge in [-0.25, -0.2) is 17.5 Å². The van der Waals surface area contributed by atoms with Crippen LogP contribution in [-0.2, 0) is 23.0 Å². The summed E-state index contributed by atoms with van der Waals surface area (Å²) in [5.41, 5.74) is 2.20. The second-order valence-corrected chi connectivity index (χ2v) is 9.91. The summed E-state index contributed by atoms with van der Waals surface area (Å²) in [7, 11) is -4.13. The van der Waals surface area contributed by atoms with Crippen LogP contribution in [0, 0.1) is 12.7 Å². The normalized spacial score (nSPS) is 13.7. The molecule has 2 N–H and O–H groups in total. The number of amides is 1. The lowest BCUT2D eigenvalue weighted by molar-refractivity contribution is 0.102. The SMILES string of the molecule is C=CCNS(=O)(=O)c1cc(C(=O)Nc2cc(-c3nnc4n3CCCCC4)ccc2C)ccc1F. The number of halogens is 1. The Morgan fingerprint density at radius 3 is 2.79 bits per heavy atom. The standard InChI is InChI=1S/C24H26FN5O3S/c1-3-12-26-34(32,33)21-15-18(10-11-19(21)25)24(31)27-20-14-17(9-8-16(20)2)23-29-28-22-7-5-4-6-13-30(22)23/h3,8-11,14-15,26H,1,4-7,12-13H2,2H3,(H,27,31). The first kappa shape index (κ1) is 23.8. The predicted molar refractivity (Wildman–Crippen MR) is 127 cm³/mol. The van der Waals surface area contributed by atoms with Crippen LogP contribution in [0.25, 0.3) is 11.4 Å². The fourth-order valence-electron chi connectivity index (χ4n) is 3.89. The molecule has 0 saturated carbocycles. The monoisotopic (exact) mass is 483 g/mol. The van der Waals surface area contributed by atoms with Gasteiger partial charge in [-0.3, -0.25) is 4.79 Å². The number of carbonyl (C=O) groups excluding carboxylic acids is 1. The Labute approximate surface area is 198 Å². The van der Waals surface area contributed by atoms with Crippen molar-refractivity contribution in [3.05, 3.63) is 71.8 Å². The van der Waals surface area contributed by atoms with Crippen LogP contribution in [0.4, 0.5) is 10.1 Å². The molecule has 2 heterocycles. The lowest BCUT2D eigenvalue weighted by atomic mass is 10.1.